The molecule has 2 aliphatic rings. The number of carbonyl (C=O) groups is 1. The van der Waals surface area contributed by atoms with Crippen molar-refractivity contribution in [3.63, 3.8) is 0 Å². The van der Waals surface area contributed by atoms with Crippen LogP contribution >= 0.6 is 11.8 Å². The summed E-state index contributed by atoms with van der Waals surface area (Å²) in [6.45, 7) is 4.59. The Kier molecular flexibility index (Phi) is 2.89. The first-order valence-corrected chi connectivity index (χ1v) is 6.89. The van der Waals surface area contributed by atoms with E-state index in [0.717, 1.165) is 24.9 Å². The first-order chi connectivity index (χ1) is 7.04. The molecule has 2 bridgehead atoms. The summed E-state index contributed by atoms with van der Waals surface area (Å²) in [6.07, 6.45) is 4.17. The Balaban J connectivity index is 2.12. The van der Waals surface area contributed by atoms with Gasteiger partial charge in [-0.3, -0.25) is 0 Å². The predicted molar refractivity (Wildman–Crippen MR) is 63.0 cm³/mol. The van der Waals surface area contributed by atoms with Gasteiger partial charge in [-0.2, -0.15) is 11.8 Å². The van der Waals surface area contributed by atoms with E-state index >= 15 is 0 Å². The molecule has 2 rings (SSSR count). The molecular weight excluding hydrogens is 208 g/mol. The van der Waals surface area contributed by atoms with Gasteiger partial charge in [0.15, 0.2) is 0 Å². The van der Waals surface area contributed by atoms with Crippen LogP contribution in [0.3, 0.4) is 0 Å². The lowest BCUT2D eigenvalue weighted by Gasteiger charge is -2.40. The van der Waals surface area contributed by atoms with Gasteiger partial charge in [0.1, 0.15) is 6.29 Å². The highest BCUT2D eigenvalue weighted by atomic mass is 32.2. The molecule has 0 radical (unpaired) electrons. The summed E-state index contributed by atoms with van der Waals surface area (Å²) in [6, 6.07) is 0. The van der Waals surface area contributed by atoms with Gasteiger partial charge >= 0.3 is 0 Å². The van der Waals surface area contributed by atoms with Crippen molar-refractivity contribution in [3.05, 3.63) is 0 Å². The van der Waals surface area contributed by atoms with Crippen LogP contribution in [0.25, 0.3) is 0 Å². The molecule has 0 aromatic heterocycles. The third kappa shape index (κ3) is 1.47. The monoisotopic (exact) mass is 228 g/mol. The topological polar surface area (TPSA) is 37.3 Å². The summed E-state index contributed by atoms with van der Waals surface area (Å²) in [4.78, 5) is 10.3. The molecule has 2 fully saturated rings. The molecule has 0 aromatic carbocycles. The molecule has 15 heavy (non-hydrogen) atoms. The molecule has 0 heterocycles. The van der Waals surface area contributed by atoms with Crippen molar-refractivity contribution in [2.75, 3.05) is 11.5 Å². The number of aliphatic hydroxyl groups excluding tert-OH is 1. The second-order valence-corrected chi connectivity index (χ2v) is 6.58. The third-order valence-electron chi connectivity index (χ3n) is 4.93. The van der Waals surface area contributed by atoms with Crippen LogP contribution in [-0.4, -0.2) is 29.0 Å². The molecule has 0 aromatic rings. The van der Waals surface area contributed by atoms with E-state index in [2.05, 4.69) is 13.8 Å². The Morgan fingerprint density at radius 1 is 1.53 bits per heavy atom. The van der Waals surface area contributed by atoms with Crippen molar-refractivity contribution in [3.8, 4) is 0 Å². The van der Waals surface area contributed by atoms with E-state index in [1.54, 1.807) is 11.8 Å². The van der Waals surface area contributed by atoms with Crippen molar-refractivity contribution >= 4 is 18.0 Å². The molecule has 2 aliphatic carbocycles. The van der Waals surface area contributed by atoms with E-state index in [4.69, 9.17) is 0 Å². The van der Waals surface area contributed by atoms with Crippen LogP contribution in [0.15, 0.2) is 0 Å². The summed E-state index contributed by atoms with van der Waals surface area (Å²) < 4.78 is 0. The average Bonchev–Trinajstić information content (AvgIpc) is 2.52. The van der Waals surface area contributed by atoms with Gasteiger partial charge < -0.3 is 9.90 Å². The zero-order valence-corrected chi connectivity index (χ0v) is 10.3. The van der Waals surface area contributed by atoms with Crippen LogP contribution in [0, 0.1) is 16.7 Å². The normalized spacial score (nSPS) is 42.1. The molecule has 86 valence electrons. The zero-order chi connectivity index (χ0) is 11.1. The fraction of sp³-hybridized carbons (Fsp3) is 0.917. The Bertz CT molecular complexity index is 264. The minimum Gasteiger partial charge on any atom is -0.392 e. The van der Waals surface area contributed by atoms with Gasteiger partial charge in [-0.1, -0.05) is 13.8 Å². The highest BCUT2D eigenvalue weighted by Crippen LogP contribution is 2.66. The van der Waals surface area contributed by atoms with Gasteiger partial charge in [0, 0.05) is 16.9 Å². The highest BCUT2D eigenvalue weighted by molar-refractivity contribution is 7.99. The van der Waals surface area contributed by atoms with Gasteiger partial charge in [0.05, 0.1) is 6.10 Å². The summed E-state index contributed by atoms with van der Waals surface area (Å²) in [5.41, 5.74) is 0.327. The van der Waals surface area contributed by atoms with Crippen molar-refractivity contribution < 1.29 is 9.90 Å². The highest BCUT2D eigenvalue weighted by Gasteiger charge is 2.63. The number of aldehydes is 1. The smallest absolute Gasteiger partial charge is 0.129 e. The Morgan fingerprint density at radius 3 is 2.73 bits per heavy atom. The minimum absolute atomic E-state index is 0.0747. The van der Waals surface area contributed by atoms with Crippen LogP contribution < -0.4 is 0 Å². The van der Waals surface area contributed by atoms with Crippen molar-refractivity contribution in [1.82, 2.24) is 0 Å². The lowest BCUT2D eigenvalue weighted by molar-refractivity contribution is -0.105. The van der Waals surface area contributed by atoms with Crippen molar-refractivity contribution in [2.24, 2.45) is 16.7 Å². The molecule has 1 N–H and O–H groups in total. The van der Waals surface area contributed by atoms with Crippen LogP contribution in [0.5, 0.6) is 0 Å². The number of hydrogen-bond donors (Lipinski definition) is 1. The molecule has 3 atom stereocenters. The Morgan fingerprint density at radius 2 is 2.27 bits per heavy atom. The third-order valence-corrected chi connectivity index (χ3v) is 6.02. The SMILES string of the molecule is CC1(C)[C@@H]2CC[C@@]1(CSCC=O)[C@H](O)C2. The van der Waals surface area contributed by atoms with E-state index in [0.29, 0.717) is 11.7 Å². The van der Waals surface area contributed by atoms with Crippen LogP contribution in [-0.2, 0) is 4.79 Å². The summed E-state index contributed by atoms with van der Waals surface area (Å²) in [5, 5.41) is 10.2. The molecule has 0 aliphatic heterocycles. The molecular formula is C12H20O2S. The maximum Gasteiger partial charge on any atom is 0.129 e. The van der Waals surface area contributed by atoms with E-state index in [-0.39, 0.29) is 16.9 Å². The second kappa shape index (κ2) is 3.77. The number of fused-ring (bicyclic) bond motifs is 2. The van der Waals surface area contributed by atoms with Crippen molar-refractivity contribution in [1.29, 1.82) is 0 Å². The Hall–Kier alpha value is -0.0200. The number of hydrogen-bond acceptors (Lipinski definition) is 3. The average molecular weight is 228 g/mol. The van der Waals surface area contributed by atoms with Gasteiger partial charge in [-0.15, -0.1) is 0 Å². The van der Waals surface area contributed by atoms with Gasteiger partial charge in [0.2, 0.25) is 0 Å². The molecule has 0 spiro atoms. The van der Waals surface area contributed by atoms with Crippen LogP contribution in [0.1, 0.15) is 33.1 Å². The number of carbonyl (C=O) groups excluding carboxylic acids is 1. The number of rotatable bonds is 4. The molecule has 0 amide bonds. The largest absolute Gasteiger partial charge is 0.392 e. The van der Waals surface area contributed by atoms with E-state index in [9.17, 15) is 9.90 Å². The first-order valence-electron chi connectivity index (χ1n) is 5.74. The quantitative estimate of drug-likeness (QED) is 0.591. The Labute approximate surface area is 95.8 Å². The van der Waals surface area contributed by atoms with Gasteiger partial charge in [0.25, 0.3) is 0 Å². The first kappa shape index (κ1) is 11.5. The lowest BCUT2D eigenvalue weighted by Crippen LogP contribution is -2.41. The lowest BCUT2D eigenvalue weighted by atomic mass is 9.70. The number of aliphatic hydroxyl groups is 1. The van der Waals surface area contributed by atoms with E-state index in [1.807, 2.05) is 0 Å². The maximum absolute atomic E-state index is 10.3. The molecule has 3 heteroatoms. The summed E-state index contributed by atoms with van der Waals surface area (Å²) in [7, 11) is 0. The standard InChI is InChI=1S/C12H20O2S/c1-11(2)9-3-4-12(11,10(14)7-9)8-15-6-5-13/h5,9-10,14H,3-4,6-8H2,1-2H3/t9-,10-,12-/m1/s1. The molecule has 0 unspecified atom stereocenters. The zero-order valence-electron chi connectivity index (χ0n) is 9.53. The van der Waals surface area contributed by atoms with Crippen molar-refractivity contribution in [2.45, 2.75) is 39.2 Å². The van der Waals surface area contributed by atoms with E-state index in [1.165, 1.54) is 6.42 Å². The van der Waals surface area contributed by atoms with Gasteiger partial charge in [-0.25, -0.2) is 0 Å². The fourth-order valence-corrected chi connectivity index (χ4v) is 4.96. The van der Waals surface area contributed by atoms with Gasteiger partial charge in [-0.05, 0) is 30.6 Å². The summed E-state index contributed by atoms with van der Waals surface area (Å²) >= 11 is 1.68. The van der Waals surface area contributed by atoms with Crippen LogP contribution in [0.4, 0.5) is 0 Å². The molecule has 0 saturated heterocycles. The summed E-state index contributed by atoms with van der Waals surface area (Å²) in [5.74, 6) is 2.19. The molecule has 2 nitrogen and oxygen atoms in total. The van der Waals surface area contributed by atoms with Crippen LogP contribution in [0.2, 0.25) is 0 Å². The minimum atomic E-state index is -0.148. The van der Waals surface area contributed by atoms with E-state index < -0.39 is 0 Å². The maximum atomic E-state index is 10.3. The fourth-order valence-electron chi connectivity index (χ4n) is 3.67. The molecule has 2 saturated carbocycles. The predicted octanol–water partition coefficient (Wildman–Crippen LogP) is 2.11. The number of thioether (sulfide) groups is 1. The second-order valence-electron chi connectivity index (χ2n) is 5.55.